The van der Waals surface area contributed by atoms with E-state index in [-0.39, 0.29) is 18.2 Å². The Kier molecular flexibility index (Phi) is 3.24. The molecule has 2 aliphatic carbocycles. The maximum absolute atomic E-state index is 12.5. The Morgan fingerprint density at radius 1 is 1.30 bits per heavy atom. The number of carbonyl (C=O) groups excluding carboxylic acids is 1. The number of aliphatic carboxylic acids is 1. The van der Waals surface area contributed by atoms with Gasteiger partial charge < -0.3 is 10.4 Å². The zero-order valence-electron chi connectivity index (χ0n) is 11.4. The van der Waals surface area contributed by atoms with Gasteiger partial charge in [-0.1, -0.05) is 24.3 Å². The van der Waals surface area contributed by atoms with E-state index < -0.39 is 11.5 Å². The highest BCUT2D eigenvalue weighted by Gasteiger charge is 2.42. The van der Waals surface area contributed by atoms with Gasteiger partial charge >= 0.3 is 5.97 Å². The number of hydrogen-bond donors (Lipinski definition) is 2. The molecule has 106 valence electrons. The molecule has 0 aliphatic heterocycles. The normalized spacial score (nSPS) is 22.7. The van der Waals surface area contributed by atoms with Gasteiger partial charge in [-0.2, -0.15) is 0 Å². The third-order valence-corrected chi connectivity index (χ3v) is 4.64. The van der Waals surface area contributed by atoms with E-state index in [1.54, 1.807) is 0 Å². The first kappa shape index (κ1) is 13.2. The van der Waals surface area contributed by atoms with Crippen LogP contribution in [0.2, 0.25) is 0 Å². The molecule has 0 saturated heterocycles. The number of rotatable bonds is 4. The zero-order valence-corrected chi connectivity index (χ0v) is 11.4. The van der Waals surface area contributed by atoms with E-state index in [2.05, 4.69) is 11.4 Å². The molecule has 1 amide bonds. The average Bonchev–Trinajstić information content (AvgIpc) is 2.79. The van der Waals surface area contributed by atoms with Crippen LogP contribution in [0.3, 0.4) is 0 Å². The Hall–Kier alpha value is -1.84. The zero-order chi connectivity index (χ0) is 14.2. The molecule has 2 N–H and O–H groups in total. The second-order valence-electron chi connectivity index (χ2n) is 5.98. The van der Waals surface area contributed by atoms with E-state index in [9.17, 15) is 9.59 Å². The Morgan fingerprint density at radius 2 is 2.05 bits per heavy atom. The molecule has 3 rings (SSSR count). The summed E-state index contributed by atoms with van der Waals surface area (Å²) in [4.78, 5) is 23.5. The van der Waals surface area contributed by atoms with Gasteiger partial charge in [0.25, 0.3) is 0 Å². The van der Waals surface area contributed by atoms with Crippen LogP contribution in [-0.4, -0.2) is 22.5 Å². The number of amides is 1. The van der Waals surface area contributed by atoms with Crippen LogP contribution in [0.4, 0.5) is 0 Å². The minimum atomic E-state index is -0.836. The van der Waals surface area contributed by atoms with Crippen molar-refractivity contribution in [3.05, 3.63) is 35.4 Å². The first-order chi connectivity index (χ1) is 9.60. The number of benzene rings is 1. The Balaban J connectivity index is 1.73. The van der Waals surface area contributed by atoms with Gasteiger partial charge in [-0.25, -0.2) is 0 Å². The van der Waals surface area contributed by atoms with Crippen LogP contribution in [0.1, 0.15) is 49.1 Å². The van der Waals surface area contributed by atoms with E-state index in [0.29, 0.717) is 0 Å². The van der Waals surface area contributed by atoms with E-state index in [1.807, 2.05) is 18.2 Å². The van der Waals surface area contributed by atoms with Crippen molar-refractivity contribution in [3.8, 4) is 0 Å². The minimum absolute atomic E-state index is 0.00380. The van der Waals surface area contributed by atoms with E-state index >= 15 is 0 Å². The highest BCUT2D eigenvalue weighted by molar-refractivity contribution is 5.86. The van der Waals surface area contributed by atoms with Gasteiger partial charge in [0.1, 0.15) is 0 Å². The summed E-state index contributed by atoms with van der Waals surface area (Å²) in [7, 11) is 0. The summed E-state index contributed by atoms with van der Waals surface area (Å²) >= 11 is 0. The first-order valence-corrected chi connectivity index (χ1v) is 7.21. The first-order valence-electron chi connectivity index (χ1n) is 7.21. The molecule has 0 heterocycles. The van der Waals surface area contributed by atoms with Crippen molar-refractivity contribution in [1.82, 2.24) is 5.32 Å². The molecule has 1 atom stereocenters. The monoisotopic (exact) mass is 273 g/mol. The topological polar surface area (TPSA) is 66.4 Å². The number of fused-ring (bicyclic) bond motifs is 1. The molecule has 1 aromatic carbocycles. The van der Waals surface area contributed by atoms with E-state index in [0.717, 1.165) is 37.7 Å². The highest BCUT2D eigenvalue weighted by atomic mass is 16.4. The number of hydrogen-bond acceptors (Lipinski definition) is 2. The fourth-order valence-electron chi connectivity index (χ4n) is 3.42. The number of carboxylic acid groups (broad SMARTS) is 1. The Labute approximate surface area is 118 Å². The van der Waals surface area contributed by atoms with E-state index in [4.69, 9.17) is 5.11 Å². The predicted molar refractivity (Wildman–Crippen MR) is 74.5 cm³/mol. The predicted octanol–water partition coefficient (Wildman–Crippen LogP) is 2.23. The summed E-state index contributed by atoms with van der Waals surface area (Å²) in [6.07, 6.45) is 4.34. The number of carboxylic acids is 1. The number of aryl methyl sites for hydroxylation is 1. The van der Waals surface area contributed by atoms with Crippen LogP contribution in [0, 0.1) is 0 Å². The maximum atomic E-state index is 12.5. The number of carbonyl (C=O) groups is 2. The van der Waals surface area contributed by atoms with Crippen LogP contribution in [0.15, 0.2) is 24.3 Å². The Morgan fingerprint density at radius 3 is 2.70 bits per heavy atom. The van der Waals surface area contributed by atoms with Crippen molar-refractivity contribution in [1.29, 1.82) is 0 Å². The van der Waals surface area contributed by atoms with E-state index in [1.165, 1.54) is 5.56 Å². The number of nitrogens with one attached hydrogen (secondary N) is 1. The van der Waals surface area contributed by atoms with Crippen LogP contribution < -0.4 is 5.32 Å². The molecular weight excluding hydrogens is 254 g/mol. The second kappa shape index (κ2) is 4.93. The van der Waals surface area contributed by atoms with Gasteiger partial charge in [-0.05, 0) is 43.2 Å². The molecule has 0 aromatic heterocycles. The van der Waals surface area contributed by atoms with Crippen LogP contribution in [0.5, 0.6) is 0 Å². The van der Waals surface area contributed by atoms with Crippen molar-refractivity contribution in [2.75, 3.05) is 0 Å². The third kappa shape index (κ3) is 2.30. The molecule has 1 fully saturated rings. The molecular formula is C16H19NO3. The van der Waals surface area contributed by atoms with Crippen molar-refractivity contribution in [3.63, 3.8) is 0 Å². The van der Waals surface area contributed by atoms with Gasteiger partial charge in [0, 0.05) is 0 Å². The second-order valence-corrected chi connectivity index (χ2v) is 5.98. The van der Waals surface area contributed by atoms with Crippen molar-refractivity contribution < 1.29 is 14.7 Å². The SMILES string of the molecule is O=C(O)CC1(NC(=O)[C@H]2CCc3ccccc32)CCC1. The lowest BCUT2D eigenvalue weighted by Gasteiger charge is -2.42. The molecule has 4 heteroatoms. The molecule has 1 aromatic rings. The standard InChI is InChI=1S/C16H19NO3/c18-14(19)10-16(8-3-9-16)17-15(20)13-7-6-11-4-1-2-5-12(11)13/h1-2,4-5,13H,3,6-10H2,(H,17,20)(H,18,19)/t13-/m0/s1. The van der Waals surface area contributed by atoms with Gasteiger partial charge in [0.05, 0.1) is 17.9 Å². The summed E-state index contributed by atoms with van der Waals surface area (Å²) in [5.74, 6) is -0.954. The van der Waals surface area contributed by atoms with Gasteiger partial charge in [-0.3, -0.25) is 9.59 Å². The maximum Gasteiger partial charge on any atom is 0.305 e. The van der Waals surface area contributed by atoms with Crippen molar-refractivity contribution in [2.24, 2.45) is 0 Å². The van der Waals surface area contributed by atoms with Gasteiger partial charge in [0.15, 0.2) is 0 Å². The molecule has 0 spiro atoms. The fraction of sp³-hybridized carbons (Fsp3) is 0.500. The Bertz CT molecular complexity index is 548. The summed E-state index contributed by atoms with van der Waals surface area (Å²) in [6.45, 7) is 0. The van der Waals surface area contributed by atoms with Crippen molar-refractivity contribution in [2.45, 2.75) is 50.0 Å². The van der Waals surface area contributed by atoms with Crippen LogP contribution in [-0.2, 0) is 16.0 Å². The average molecular weight is 273 g/mol. The molecule has 1 saturated carbocycles. The third-order valence-electron chi connectivity index (χ3n) is 4.64. The fourth-order valence-corrected chi connectivity index (χ4v) is 3.42. The molecule has 0 bridgehead atoms. The molecule has 0 unspecified atom stereocenters. The summed E-state index contributed by atoms with van der Waals surface area (Å²) < 4.78 is 0. The van der Waals surface area contributed by atoms with Crippen LogP contribution >= 0.6 is 0 Å². The molecule has 2 aliphatic rings. The molecule has 20 heavy (non-hydrogen) atoms. The summed E-state index contributed by atoms with van der Waals surface area (Å²) in [5.41, 5.74) is 1.85. The van der Waals surface area contributed by atoms with Gasteiger partial charge in [-0.15, -0.1) is 0 Å². The van der Waals surface area contributed by atoms with Crippen molar-refractivity contribution >= 4 is 11.9 Å². The smallest absolute Gasteiger partial charge is 0.305 e. The lowest BCUT2D eigenvalue weighted by atomic mass is 9.74. The lowest BCUT2D eigenvalue weighted by Crippen LogP contribution is -2.55. The summed E-state index contributed by atoms with van der Waals surface area (Å²) in [5, 5.41) is 12.0. The minimum Gasteiger partial charge on any atom is -0.481 e. The largest absolute Gasteiger partial charge is 0.481 e. The van der Waals surface area contributed by atoms with Crippen LogP contribution in [0.25, 0.3) is 0 Å². The lowest BCUT2D eigenvalue weighted by molar-refractivity contribution is -0.140. The molecule has 4 nitrogen and oxygen atoms in total. The molecule has 0 radical (unpaired) electrons. The summed E-state index contributed by atoms with van der Waals surface area (Å²) in [6, 6.07) is 8.04. The van der Waals surface area contributed by atoms with Gasteiger partial charge in [0.2, 0.25) is 5.91 Å². The quantitative estimate of drug-likeness (QED) is 0.884. The highest BCUT2D eigenvalue weighted by Crippen LogP contribution is 2.38.